The van der Waals surface area contributed by atoms with Gasteiger partial charge in [-0.25, -0.2) is 4.39 Å². The molecule has 0 aliphatic carbocycles. The summed E-state index contributed by atoms with van der Waals surface area (Å²) in [4.78, 5) is 37.8. The summed E-state index contributed by atoms with van der Waals surface area (Å²) >= 11 is 1.38. The smallest absolute Gasteiger partial charge is 0.242 e. The van der Waals surface area contributed by atoms with Gasteiger partial charge in [0.05, 0.1) is 10.5 Å². The molecule has 130 valence electrons. The van der Waals surface area contributed by atoms with Gasteiger partial charge in [0.2, 0.25) is 17.7 Å². The van der Waals surface area contributed by atoms with Crippen molar-refractivity contribution in [3.63, 3.8) is 0 Å². The van der Waals surface area contributed by atoms with Crippen LogP contribution in [-0.4, -0.2) is 39.7 Å². The third-order valence-corrected chi connectivity index (χ3v) is 5.58. The van der Waals surface area contributed by atoms with E-state index in [1.54, 1.807) is 12.1 Å². The third kappa shape index (κ3) is 4.35. The van der Waals surface area contributed by atoms with Gasteiger partial charge in [0.25, 0.3) is 0 Å². The van der Waals surface area contributed by atoms with Crippen molar-refractivity contribution in [1.82, 2.24) is 10.2 Å². The van der Waals surface area contributed by atoms with Crippen molar-refractivity contribution < 1.29 is 18.8 Å². The van der Waals surface area contributed by atoms with Gasteiger partial charge in [-0.3, -0.25) is 19.3 Å². The average molecular weight is 352 g/mol. The molecule has 1 heterocycles. The number of benzene rings is 1. The van der Waals surface area contributed by atoms with Crippen molar-refractivity contribution >= 4 is 29.5 Å². The predicted octanol–water partition coefficient (Wildman–Crippen LogP) is 2.10. The first-order valence-corrected chi connectivity index (χ1v) is 8.92. The molecule has 0 radical (unpaired) electrons. The van der Waals surface area contributed by atoms with Crippen LogP contribution in [0.15, 0.2) is 24.3 Å². The van der Waals surface area contributed by atoms with Crippen LogP contribution in [0.3, 0.4) is 0 Å². The lowest BCUT2D eigenvalue weighted by molar-refractivity contribution is -0.148. The first-order chi connectivity index (χ1) is 11.5. The van der Waals surface area contributed by atoms with Gasteiger partial charge in [-0.2, -0.15) is 0 Å². The fraction of sp³-hybridized carbons (Fsp3) is 0.471. The molecule has 0 spiro atoms. The summed E-state index contributed by atoms with van der Waals surface area (Å²) < 4.78 is 12.9. The Morgan fingerprint density at radius 2 is 1.67 bits per heavy atom. The molecule has 2 atom stereocenters. The number of carbonyl (C=O) groups excluding carboxylic acids is 3. The molecule has 0 bridgehead atoms. The summed E-state index contributed by atoms with van der Waals surface area (Å²) in [6, 6.07) is 5.77. The van der Waals surface area contributed by atoms with Gasteiger partial charge in [0, 0.05) is 6.54 Å². The van der Waals surface area contributed by atoms with Crippen LogP contribution in [0.25, 0.3) is 0 Å². The van der Waals surface area contributed by atoms with E-state index in [0.29, 0.717) is 12.8 Å². The average Bonchev–Trinajstić information content (AvgIpc) is 2.58. The van der Waals surface area contributed by atoms with Crippen molar-refractivity contribution in [3.8, 4) is 0 Å². The lowest BCUT2D eigenvalue weighted by atomic mass is 10.2. The van der Waals surface area contributed by atoms with E-state index in [2.05, 4.69) is 5.32 Å². The number of rotatable bonds is 6. The Balaban J connectivity index is 1.96. The predicted molar refractivity (Wildman–Crippen MR) is 90.7 cm³/mol. The molecule has 1 fully saturated rings. The Morgan fingerprint density at radius 1 is 1.12 bits per heavy atom. The summed E-state index contributed by atoms with van der Waals surface area (Å²) in [5.74, 6) is -1.34. The van der Waals surface area contributed by atoms with E-state index in [-0.39, 0.29) is 41.2 Å². The molecular weight excluding hydrogens is 331 g/mol. The lowest BCUT2D eigenvalue weighted by Crippen LogP contribution is -2.54. The van der Waals surface area contributed by atoms with Crippen molar-refractivity contribution in [2.45, 2.75) is 43.7 Å². The van der Waals surface area contributed by atoms with Crippen molar-refractivity contribution in [3.05, 3.63) is 35.6 Å². The highest BCUT2D eigenvalue weighted by Crippen LogP contribution is 2.31. The van der Waals surface area contributed by atoms with Gasteiger partial charge >= 0.3 is 0 Å². The maximum Gasteiger partial charge on any atom is 0.242 e. The van der Waals surface area contributed by atoms with Crippen LogP contribution in [0.2, 0.25) is 0 Å². The number of hydrogen-bond donors (Lipinski definition) is 1. The number of halogens is 1. The second kappa shape index (κ2) is 8.28. The standard InChI is InChI=1S/C17H21FN2O3S/c1-3-13-16(22)20(17(23)14(4-2)24-13)10-15(21)19-9-11-5-7-12(18)8-6-11/h5-8,13-14H,3-4,9-10H2,1-2H3,(H,19,21)/t13-,14+. The Labute approximate surface area is 145 Å². The highest BCUT2D eigenvalue weighted by Gasteiger charge is 2.40. The first-order valence-electron chi connectivity index (χ1n) is 7.98. The summed E-state index contributed by atoms with van der Waals surface area (Å²) in [5.41, 5.74) is 0.745. The van der Waals surface area contributed by atoms with Crippen molar-refractivity contribution in [2.75, 3.05) is 6.54 Å². The number of hydrogen-bond acceptors (Lipinski definition) is 4. The van der Waals surface area contributed by atoms with Crippen LogP contribution in [0, 0.1) is 5.82 Å². The number of carbonyl (C=O) groups is 3. The minimum Gasteiger partial charge on any atom is -0.350 e. The van der Waals surface area contributed by atoms with E-state index in [4.69, 9.17) is 0 Å². The van der Waals surface area contributed by atoms with Gasteiger partial charge in [0.15, 0.2) is 0 Å². The zero-order valence-electron chi connectivity index (χ0n) is 13.8. The van der Waals surface area contributed by atoms with Crippen molar-refractivity contribution in [2.24, 2.45) is 0 Å². The van der Waals surface area contributed by atoms with E-state index in [1.807, 2.05) is 13.8 Å². The molecule has 24 heavy (non-hydrogen) atoms. The second-order valence-corrected chi connectivity index (χ2v) is 7.01. The fourth-order valence-corrected chi connectivity index (χ4v) is 3.74. The molecular formula is C17H21FN2O3S. The minimum atomic E-state index is -0.405. The molecule has 1 aromatic rings. The Bertz CT molecular complexity index is 599. The van der Waals surface area contributed by atoms with E-state index in [9.17, 15) is 18.8 Å². The highest BCUT2D eigenvalue weighted by molar-refractivity contribution is 8.02. The summed E-state index contributed by atoms with van der Waals surface area (Å²) in [6.07, 6.45) is 1.25. The molecule has 1 aliphatic rings. The van der Waals surface area contributed by atoms with Crippen LogP contribution >= 0.6 is 11.8 Å². The SMILES string of the molecule is CC[C@@H]1S[C@H](CC)C(=O)N(CC(=O)NCc2ccc(F)cc2)C1=O. The van der Waals surface area contributed by atoms with Gasteiger partial charge in [-0.05, 0) is 30.5 Å². The fourth-order valence-electron chi connectivity index (χ4n) is 2.47. The molecule has 2 rings (SSSR count). The number of thioether (sulfide) groups is 1. The zero-order valence-corrected chi connectivity index (χ0v) is 14.6. The summed E-state index contributed by atoms with van der Waals surface area (Å²) in [7, 11) is 0. The van der Waals surface area contributed by atoms with Crippen LogP contribution in [0.5, 0.6) is 0 Å². The maximum absolute atomic E-state index is 12.9. The van der Waals surface area contributed by atoms with E-state index < -0.39 is 5.91 Å². The molecule has 5 nitrogen and oxygen atoms in total. The van der Waals surface area contributed by atoms with Gasteiger partial charge in [-0.1, -0.05) is 26.0 Å². The van der Waals surface area contributed by atoms with Crippen LogP contribution in [0.1, 0.15) is 32.3 Å². The van der Waals surface area contributed by atoms with Crippen LogP contribution < -0.4 is 5.32 Å². The highest BCUT2D eigenvalue weighted by atomic mass is 32.2. The molecule has 1 aromatic carbocycles. The van der Waals surface area contributed by atoms with Crippen molar-refractivity contribution in [1.29, 1.82) is 0 Å². The van der Waals surface area contributed by atoms with E-state index in [1.165, 1.54) is 23.9 Å². The lowest BCUT2D eigenvalue weighted by Gasteiger charge is -2.34. The normalized spacial score (nSPS) is 21.0. The number of nitrogens with zero attached hydrogens (tertiary/aromatic N) is 1. The molecule has 0 saturated carbocycles. The Hall–Kier alpha value is -1.89. The topological polar surface area (TPSA) is 66.5 Å². The molecule has 3 amide bonds. The second-order valence-electron chi connectivity index (χ2n) is 5.60. The zero-order chi connectivity index (χ0) is 17.7. The quantitative estimate of drug-likeness (QED) is 0.796. The monoisotopic (exact) mass is 352 g/mol. The summed E-state index contributed by atoms with van der Waals surface area (Å²) in [6.45, 7) is 3.74. The van der Waals surface area contributed by atoms with E-state index >= 15 is 0 Å². The van der Waals surface area contributed by atoms with Crippen LogP contribution in [0.4, 0.5) is 4.39 Å². The minimum absolute atomic E-state index is 0.221. The Kier molecular flexibility index (Phi) is 6.36. The number of nitrogens with one attached hydrogen (secondary N) is 1. The molecule has 1 saturated heterocycles. The number of amides is 3. The first kappa shape index (κ1) is 18.4. The largest absolute Gasteiger partial charge is 0.350 e. The van der Waals surface area contributed by atoms with Crippen LogP contribution in [-0.2, 0) is 20.9 Å². The maximum atomic E-state index is 12.9. The third-order valence-electron chi connectivity index (χ3n) is 3.86. The molecule has 1 N–H and O–H groups in total. The van der Waals surface area contributed by atoms with Gasteiger partial charge in [0.1, 0.15) is 12.4 Å². The molecule has 0 aromatic heterocycles. The molecule has 1 aliphatic heterocycles. The van der Waals surface area contributed by atoms with E-state index in [0.717, 1.165) is 10.5 Å². The number of imide groups is 1. The molecule has 0 unspecified atom stereocenters. The molecule has 7 heteroatoms. The van der Waals surface area contributed by atoms with Gasteiger partial charge < -0.3 is 5.32 Å². The van der Waals surface area contributed by atoms with Gasteiger partial charge in [-0.15, -0.1) is 11.8 Å². The summed E-state index contributed by atoms with van der Waals surface area (Å²) in [5, 5.41) is 2.10. The Morgan fingerprint density at radius 3 is 2.17 bits per heavy atom.